The lowest BCUT2D eigenvalue weighted by molar-refractivity contribution is -0.140. The van der Waals surface area contributed by atoms with Gasteiger partial charge in [-0.2, -0.15) is 4.68 Å². The number of aliphatic carboxylic acids is 1. The molecule has 1 aliphatic carbocycles. The summed E-state index contributed by atoms with van der Waals surface area (Å²) in [5, 5.41) is 23.2. The van der Waals surface area contributed by atoms with Crippen molar-refractivity contribution >= 4 is 11.9 Å². The van der Waals surface area contributed by atoms with Gasteiger partial charge in [-0.3, -0.25) is 9.59 Å². The summed E-state index contributed by atoms with van der Waals surface area (Å²) in [4.78, 5) is 22.8. The summed E-state index contributed by atoms with van der Waals surface area (Å²) < 4.78 is 1.55. The number of rotatable bonds is 5. The zero-order valence-corrected chi connectivity index (χ0v) is 11.9. The third-order valence-corrected chi connectivity index (χ3v) is 3.68. The van der Waals surface area contributed by atoms with Gasteiger partial charge in [-0.05, 0) is 35.9 Å². The number of benzene rings is 1. The molecule has 1 aromatic heterocycles. The van der Waals surface area contributed by atoms with Gasteiger partial charge in [0.05, 0.1) is 23.6 Å². The predicted octanol–water partition coefficient (Wildman–Crippen LogP) is 0.560. The average Bonchev–Trinajstić information content (AvgIpc) is 3.17. The monoisotopic (exact) mass is 301 g/mol. The van der Waals surface area contributed by atoms with Crippen molar-refractivity contribution in [3.8, 4) is 5.69 Å². The first-order valence-electron chi connectivity index (χ1n) is 6.95. The molecule has 8 nitrogen and oxygen atoms in total. The summed E-state index contributed by atoms with van der Waals surface area (Å²) >= 11 is 0. The van der Waals surface area contributed by atoms with Crippen molar-refractivity contribution in [1.82, 2.24) is 25.5 Å². The SMILES string of the molecule is C[C@H](NC(=O)[C@H]1C[C@H]1C(=O)O)c1nnnn1-c1ccccc1. The van der Waals surface area contributed by atoms with Gasteiger partial charge in [0, 0.05) is 0 Å². The molecule has 3 atom stereocenters. The Hall–Kier alpha value is -2.77. The zero-order chi connectivity index (χ0) is 15.7. The fraction of sp³-hybridized carbons (Fsp3) is 0.357. The number of para-hydroxylation sites is 1. The number of amides is 1. The van der Waals surface area contributed by atoms with Crippen LogP contribution in [0.5, 0.6) is 0 Å². The van der Waals surface area contributed by atoms with E-state index in [1.165, 1.54) is 0 Å². The summed E-state index contributed by atoms with van der Waals surface area (Å²) in [6.45, 7) is 1.77. The van der Waals surface area contributed by atoms with Crippen LogP contribution in [-0.2, 0) is 9.59 Å². The molecular formula is C14H15N5O3. The zero-order valence-electron chi connectivity index (χ0n) is 11.9. The molecule has 0 aliphatic heterocycles. The van der Waals surface area contributed by atoms with Crippen molar-refractivity contribution in [3.05, 3.63) is 36.2 Å². The second-order valence-corrected chi connectivity index (χ2v) is 5.30. The third kappa shape index (κ3) is 2.67. The highest BCUT2D eigenvalue weighted by Crippen LogP contribution is 2.39. The first-order chi connectivity index (χ1) is 10.6. The van der Waals surface area contributed by atoms with Crippen molar-refractivity contribution in [3.63, 3.8) is 0 Å². The molecule has 22 heavy (non-hydrogen) atoms. The van der Waals surface area contributed by atoms with Crippen LogP contribution in [0.4, 0.5) is 0 Å². The lowest BCUT2D eigenvalue weighted by atomic mass is 10.2. The van der Waals surface area contributed by atoms with E-state index in [0.717, 1.165) is 5.69 Å². The second-order valence-electron chi connectivity index (χ2n) is 5.30. The quantitative estimate of drug-likeness (QED) is 0.835. The minimum atomic E-state index is -0.929. The molecule has 0 bridgehead atoms. The second kappa shape index (κ2) is 5.55. The molecule has 1 amide bonds. The molecular weight excluding hydrogens is 286 g/mol. The molecule has 2 N–H and O–H groups in total. The number of hydrogen-bond acceptors (Lipinski definition) is 5. The van der Waals surface area contributed by atoms with E-state index >= 15 is 0 Å². The molecule has 0 spiro atoms. The molecule has 0 saturated heterocycles. The number of nitrogens with one attached hydrogen (secondary N) is 1. The lowest BCUT2D eigenvalue weighted by Gasteiger charge is -2.13. The predicted molar refractivity (Wildman–Crippen MR) is 74.9 cm³/mol. The van der Waals surface area contributed by atoms with E-state index < -0.39 is 23.8 Å². The summed E-state index contributed by atoms with van der Waals surface area (Å²) in [6.07, 6.45) is 0.386. The van der Waals surface area contributed by atoms with Crippen molar-refractivity contribution in [1.29, 1.82) is 0 Å². The molecule has 1 heterocycles. The Morgan fingerprint density at radius 1 is 1.32 bits per heavy atom. The van der Waals surface area contributed by atoms with Crippen LogP contribution < -0.4 is 5.32 Å². The maximum Gasteiger partial charge on any atom is 0.307 e. The first-order valence-corrected chi connectivity index (χ1v) is 6.95. The maximum absolute atomic E-state index is 12.0. The van der Waals surface area contributed by atoms with Gasteiger partial charge in [-0.25, -0.2) is 0 Å². The summed E-state index contributed by atoms with van der Waals surface area (Å²) in [5.41, 5.74) is 0.790. The molecule has 114 valence electrons. The molecule has 3 rings (SSSR count). The van der Waals surface area contributed by atoms with Gasteiger partial charge in [-0.15, -0.1) is 5.10 Å². The highest BCUT2D eigenvalue weighted by molar-refractivity contribution is 5.89. The first kappa shape index (κ1) is 14.2. The van der Waals surface area contributed by atoms with Crippen LogP contribution in [0.25, 0.3) is 5.69 Å². The fourth-order valence-corrected chi connectivity index (χ4v) is 2.36. The van der Waals surface area contributed by atoms with Crippen molar-refractivity contribution in [2.75, 3.05) is 0 Å². The van der Waals surface area contributed by atoms with Crippen LogP contribution in [0, 0.1) is 11.8 Å². The van der Waals surface area contributed by atoms with Gasteiger partial charge in [0.2, 0.25) is 5.91 Å². The molecule has 1 aromatic carbocycles. The number of aromatic nitrogens is 4. The highest BCUT2D eigenvalue weighted by atomic mass is 16.4. The van der Waals surface area contributed by atoms with Gasteiger partial charge in [0.1, 0.15) is 0 Å². The van der Waals surface area contributed by atoms with E-state index in [9.17, 15) is 9.59 Å². The van der Waals surface area contributed by atoms with Crippen LogP contribution in [0.15, 0.2) is 30.3 Å². The van der Waals surface area contributed by atoms with Gasteiger partial charge in [0.15, 0.2) is 5.82 Å². The van der Waals surface area contributed by atoms with Gasteiger partial charge in [-0.1, -0.05) is 18.2 Å². The number of carbonyl (C=O) groups is 2. The van der Waals surface area contributed by atoms with Crippen LogP contribution in [-0.4, -0.2) is 37.2 Å². The standard InChI is InChI=1S/C14H15N5O3/c1-8(15-13(20)10-7-11(10)14(21)22)12-16-17-18-19(12)9-5-3-2-4-6-9/h2-6,8,10-11H,7H2,1H3,(H,15,20)(H,21,22)/t8-,10-,11+/m0/s1. The topological polar surface area (TPSA) is 110 Å². The summed E-state index contributed by atoms with van der Waals surface area (Å²) in [7, 11) is 0. The number of tetrazole rings is 1. The van der Waals surface area contributed by atoms with Crippen LogP contribution in [0.3, 0.4) is 0 Å². The van der Waals surface area contributed by atoms with Crippen LogP contribution in [0.1, 0.15) is 25.2 Å². The fourth-order valence-electron chi connectivity index (χ4n) is 2.36. The Balaban J connectivity index is 1.72. The van der Waals surface area contributed by atoms with E-state index in [0.29, 0.717) is 12.2 Å². The third-order valence-electron chi connectivity index (χ3n) is 3.68. The molecule has 1 fully saturated rings. The van der Waals surface area contributed by atoms with Crippen molar-refractivity contribution in [2.45, 2.75) is 19.4 Å². The Morgan fingerprint density at radius 2 is 2.05 bits per heavy atom. The number of hydrogen-bond donors (Lipinski definition) is 2. The number of carbonyl (C=O) groups excluding carboxylic acids is 1. The minimum absolute atomic E-state index is 0.275. The maximum atomic E-state index is 12.0. The minimum Gasteiger partial charge on any atom is -0.481 e. The highest BCUT2D eigenvalue weighted by Gasteiger charge is 2.48. The Labute approximate surface area is 126 Å². The molecule has 8 heteroatoms. The largest absolute Gasteiger partial charge is 0.481 e. The van der Waals surface area contributed by atoms with Crippen molar-refractivity contribution in [2.24, 2.45) is 11.8 Å². The van der Waals surface area contributed by atoms with Gasteiger partial charge >= 0.3 is 5.97 Å². The Morgan fingerprint density at radius 3 is 2.68 bits per heavy atom. The van der Waals surface area contributed by atoms with E-state index in [-0.39, 0.29) is 5.91 Å². The van der Waals surface area contributed by atoms with E-state index in [1.54, 1.807) is 11.6 Å². The number of carboxylic acid groups (broad SMARTS) is 1. The van der Waals surface area contributed by atoms with Gasteiger partial charge < -0.3 is 10.4 Å². The smallest absolute Gasteiger partial charge is 0.307 e. The van der Waals surface area contributed by atoms with Crippen LogP contribution in [0.2, 0.25) is 0 Å². The number of nitrogens with zero attached hydrogens (tertiary/aromatic N) is 4. The molecule has 0 radical (unpaired) electrons. The van der Waals surface area contributed by atoms with Crippen molar-refractivity contribution < 1.29 is 14.7 Å². The normalized spacial score (nSPS) is 21.1. The summed E-state index contributed by atoms with van der Waals surface area (Å²) in [6, 6.07) is 8.92. The molecule has 2 aromatic rings. The van der Waals surface area contributed by atoms with Gasteiger partial charge in [0.25, 0.3) is 0 Å². The molecule has 0 unspecified atom stereocenters. The Kier molecular flexibility index (Phi) is 3.58. The lowest BCUT2D eigenvalue weighted by Crippen LogP contribution is -2.30. The summed E-state index contributed by atoms with van der Waals surface area (Å²) in [5.74, 6) is -1.74. The van der Waals surface area contributed by atoms with E-state index in [4.69, 9.17) is 5.11 Å². The molecule has 1 saturated carbocycles. The van der Waals surface area contributed by atoms with E-state index in [2.05, 4.69) is 20.8 Å². The Bertz CT molecular complexity index is 700. The number of carboxylic acids is 1. The molecule has 1 aliphatic rings. The van der Waals surface area contributed by atoms with Crippen LogP contribution >= 0.6 is 0 Å². The van der Waals surface area contributed by atoms with E-state index in [1.807, 2.05) is 30.3 Å². The average molecular weight is 301 g/mol.